The smallest absolute Gasteiger partial charge is 0.252 e. The van der Waals surface area contributed by atoms with Crippen LogP contribution in [-0.4, -0.2) is 23.7 Å². The van der Waals surface area contributed by atoms with Gasteiger partial charge in [0.25, 0.3) is 5.91 Å². The molecule has 0 saturated carbocycles. The van der Waals surface area contributed by atoms with E-state index in [1.54, 1.807) is 18.2 Å². The van der Waals surface area contributed by atoms with Crippen molar-refractivity contribution in [2.24, 2.45) is 5.41 Å². The maximum absolute atomic E-state index is 11.9. The zero-order chi connectivity index (χ0) is 13.9. The van der Waals surface area contributed by atoms with Crippen molar-refractivity contribution in [2.45, 2.75) is 26.9 Å². The highest BCUT2D eigenvalue weighted by atomic mass is 79.9. The third-order valence-electron chi connectivity index (χ3n) is 2.63. The summed E-state index contributed by atoms with van der Waals surface area (Å²) in [6.45, 7) is 5.94. The summed E-state index contributed by atoms with van der Waals surface area (Å²) in [5.41, 5.74) is 0.126. The second-order valence-electron chi connectivity index (χ2n) is 5.22. The molecule has 1 aromatic carbocycles. The summed E-state index contributed by atoms with van der Waals surface area (Å²) in [7, 11) is 0. The largest absolute Gasteiger partial charge is 0.391 e. The van der Waals surface area contributed by atoms with Crippen molar-refractivity contribution < 1.29 is 9.90 Å². The van der Waals surface area contributed by atoms with E-state index in [0.29, 0.717) is 10.6 Å². The predicted octanol–water partition coefficient (Wildman–Crippen LogP) is 3.24. The molecule has 0 aliphatic heterocycles. The number of halogens is 2. The Morgan fingerprint density at radius 3 is 2.67 bits per heavy atom. The number of aliphatic hydroxyl groups excluding tert-OH is 1. The summed E-state index contributed by atoms with van der Waals surface area (Å²) < 4.78 is 0.786. The van der Waals surface area contributed by atoms with Gasteiger partial charge in [0.15, 0.2) is 0 Å². The maximum atomic E-state index is 11.9. The van der Waals surface area contributed by atoms with Gasteiger partial charge in [-0.05, 0) is 23.6 Å². The molecular weight excluding hydrogens is 318 g/mol. The van der Waals surface area contributed by atoms with Crippen molar-refractivity contribution in [3.63, 3.8) is 0 Å². The van der Waals surface area contributed by atoms with Gasteiger partial charge in [0, 0.05) is 11.0 Å². The van der Waals surface area contributed by atoms with Crippen LogP contribution in [-0.2, 0) is 0 Å². The zero-order valence-corrected chi connectivity index (χ0v) is 13.0. The van der Waals surface area contributed by atoms with Crippen LogP contribution in [0.4, 0.5) is 0 Å². The molecule has 1 unspecified atom stereocenters. The summed E-state index contributed by atoms with van der Waals surface area (Å²) in [6.07, 6.45) is -0.604. The number of carbonyl (C=O) groups is 1. The lowest BCUT2D eigenvalue weighted by molar-refractivity contribution is 0.0587. The lowest BCUT2D eigenvalue weighted by Crippen LogP contribution is -2.39. The number of nitrogens with one attached hydrogen (secondary N) is 1. The number of benzene rings is 1. The van der Waals surface area contributed by atoms with Gasteiger partial charge in [-0.2, -0.15) is 0 Å². The van der Waals surface area contributed by atoms with Gasteiger partial charge < -0.3 is 10.4 Å². The SMILES string of the molecule is CC(C)(C)C(O)CNC(=O)c1cc(Br)ccc1Cl. The first kappa shape index (κ1) is 15.5. The lowest BCUT2D eigenvalue weighted by Gasteiger charge is -2.25. The van der Waals surface area contributed by atoms with E-state index in [0.717, 1.165) is 4.47 Å². The first-order valence-electron chi connectivity index (χ1n) is 5.63. The molecule has 3 nitrogen and oxygen atoms in total. The molecule has 0 aromatic heterocycles. The van der Waals surface area contributed by atoms with E-state index in [2.05, 4.69) is 21.2 Å². The molecule has 100 valence electrons. The zero-order valence-electron chi connectivity index (χ0n) is 10.6. The van der Waals surface area contributed by atoms with Gasteiger partial charge in [0.05, 0.1) is 16.7 Å². The normalized spacial score (nSPS) is 13.2. The summed E-state index contributed by atoms with van der Waals surface area (Å²) in [5, 5.41) is 12.9. The molecule has 1 amide bonds. The van der Waals surface area contributed by atoms with Crippen LogP contribution in [0.25, 0.3) is 0 Å². The fraction of sp³-hybridized carbons (Fsp3) is 0.462. The molecule has 1 atom stereocenters. The van der Waals surface area contributed by atoms with E-state index in [1.165, 1.54) is 0 Å². The molecule has 0 radical (unpaired) electrons. The van der Waals surface area contributed by atoms with E-state index < -0.39 is 6.10 Å². The van der Waals surface area contributed by atoms with Gasteiger partial charge in [-0.3, -0.25) is 4.79 Å². The van der Waals surface area contributed by atoms with Crippen molar-refractivity contribution in [3.05, 3.63) is 33.3 Å². The Hall–Kier alpha value is -0.580. The number of amides is 1. The Kier molecular flexibility index (Phi) is 5.20. The number of carbonyl (C=O) groups excluding carboxylic acids is 1. The number of hydrogen-bond donors (Lipinski definition) is 2. The van der Waals surface area contributed by atoms with Crippen LogP contribution in [0.5, 0.6) is 0 Å². The third kappa shape index (κ3) is 4.26. The van der Waals surface area contributed by atoms with Crippen LogP contribution < -0.4 is 5.32 Å². The highest BCUT2D eigenvalue weighted by molar-refractivity contribution is 9.10. The molecule has 5 heteroatoms. The number of rotatable bonds is 3. The topological polar surface area (TPSA) is 49.3 Å². The minimum absolute atomic E-state index is 0.200. The highest BCUT2D eigenvalue weighted by Gasteiger charge is 2.23. The molecule has 0 spiro atoms. The van der Waals surface area contributed by atoms with Crippen molar-refractivity contribution in [2.75, 3.05) is 6.54 Å². The van der Waals surface area contributed by atoms with E-state index in [1.807, 2.05) is 20.8 Å². The van der Waals surface area contributed by atoms with Crippen molar-refractivity contribution in [3.8, 4) is 0 Å². The Balaban J connectivity index is 2.69. The minimum atomic E-state index is -0.604. The van der Waals surface area contributed by atoms with Crippen LogP contribution in [0.2, 0.25) is 5.02 Å². The van der Waals surface area contributed by atoms with Crippen molar-refractivity contribution in [1.82, 2.24) is 5.32 Å². The molecule has 0 saturated heterocycles. The van der Waals surface area contributed by atoms with Crippen LogP contribution in [0.3, 0.4) is 0 Å². The Labute approximate surface area is 121 Å². The molecule has 18 heavy (non-hydrogen) atoms. The molecule has 0 heterocycles. The van der Waals surface area contributed by atoms with Gasteiger partial charge in [0.2, 0.25) is 0 Å². The summed E-state index contributed by atoms with van der Waals surface area (Å²) in [5.74, 6) is -0.287. The monoisotopic (exact) mass is 333 g/mol. The summed E-state index contributed by atoms with van der Waals surface area (Å²) in [6, 6.07) is 5.07. The van der Waals surface area contributed by atoms with Gasteiger partial charge >= 0.3 is 0 Å². The average Bonchev–Trinajstić information content (AvgIpc) is 2.27. The minimum Gasteiger partial charge on any atom is -0.391 e. The fourth-order valence-corrected chi connectivity index (χ4v) is 1.83. The summed E-state index contributed by atoms with van der Waals surface area (Å²) in [4.78, 5) is 11.9. The summed E-state index contributed by atoms with van der Waals surface area (Å²) >= 11 is 9.24. The fourth-order valence-electron chi connectivity index (χ4n) is 1.26. The Bertz CT molecular complexity index is 443. The molecule has 2 N–H and O–H groups in total. The van der Waals surface area contributed by atoms with E-state index in [9.17, 15) is 9.90 Å². The van der Waals surface area contributed by atoms with Crippen LogP contribution in [0.1, 0.15) is 31.1 Å². The molecule has 0 fully saturated rings. The van der Waals surface area contributed by atoms with E-state index >= 15 is 0 Å². The standard InChI is InChI=1S/C13H17BrClNO2/c1-13(2,3)11(17)7-16-12(18)9-6-8(14)4-5-10(9)15/h4-6,11,17H,7H2,1-3H3,(H,16,18). The number of hydrogen-bond acceptors (Lipinski definition) is 2. The first-order valence-corrected chi connectivity index (χ1v) is 6.80. The van der Waals surface area contributed by atoms with Gasteiger partial charge in [-0.15, -0.1) is 0 Å². The average molecular weight is 335 g/mol. The van der Waals surface area contributed by atoms with Crippen LogP contribution >= 0.6 is 27.5 Å². The lowest BCUT2D eigenvalue weighted by atomic mass is 9.89. The number of aliphatic hydroxyl groups is 1. The molecule has 0 aliphatic carbocycles. The van der Waals surface area contributed by atoms with Gasteiger partial charge in [0.1, 0.15) is 0 Å². The molecular formula is C13H17BrClNO2. The molecule has 1 rings (SSSR count). The highest BCUT2D eigenvalue weighted by Crippen LogP contribution is 2.21. The Morgan fingerprint density at radius 2 is 2.11 bits per heavy atom. The molecule has 0 bridgehead atoms. The quantitative estimate of drug-likeness (QED) is 0.891. The first-order chi connectivity index (χ1) is 8.21. The Morgan fingerprint density at radius 1 is 1.50 bits per heavy atom. The maximum Gasteiger partial charge on any atom is 0.252 e. The molecule has 0 aliphatic rings. The predicted molar refractivity (Wildman–Crippen MR) is 76.9 cm³/mol. The van der Waals surface area contributed by atoms with Crippen molar-refractivity contribution in [1.29, 1.82) is 0 Å². The van der Waals surface area contributed by atoms with Crippen LogP contribution in [0, 0.1) is 5.41 Å². The third-order valence-corrected chi connectivity index (χ3v) is 3.45. The van der Waals surface area contributed by atoms with Crippen LogP contribution in [0.15, 0.2) is 22.7 Å². The van der Waals surface area contributed by atoms with E-state index in [-0.39, 0.29) is 17.9 Å². The van der Waals surface area contributed by atoms with Gasteiger partial charge in [-0.25, -0.2) is 0 Å². The van der Waals surface area contributed by atoms with E-state index in [4.69, 9.17) is 11.6 Å². The molecule has 1 aromatic rings. The second-order valence-corrected chi connectivity index (χ2v) is 6.54. The van der Waals surface area contributed by atoms with Gasteiger partial charge in [-0.1, -0.05) is 48.3 Å². The second kappa shape index (κ2) is 6.04. The van der Waals surface area contributed by atoms with Crippen molar-refractivity contribution >= 4 is 33.4 Å².